The van der Waals surface area contributed by atoms with Gasteiger partial charge in [0.15, 0.2) is 0 Å². The van der Waals surface area contributed by atoms with Crippen LogP contribution in [0, 0.1) is 5.82 Å². The second kappa shape index (κ2) is 14.3. The summed E-state index contributed by atoms with van der Waals surface area (Å²) in [4.78, 5) is 34.9. The topological polar surface area (TPSA) is 125 Å². The minimum Gasteiger partial charge on any atom is -0.474 e. The summed E-state index contributed by atoms with van der Waals surface area (Å²) >= 11 is 6.09. The number of carbonyl (C=O) groups excluding carboxylic acids is 2. The molecule has 3 heterocycles. The Hall–Kier alpha value is -3.91. The van der Waals surface area contributed by atoms with Crippen LogP contribution < -0.4 is 15.4 Å². The number of hydrogen-bond acceptors (Lipinski definition) is 11. The standard InChI is InChI=1S/C28H34ClFN8O4/c1-36(2)11-12-42-27-23(15-22(34-35-27)20-13-18(29)5-6-21(20)30)32-19-7-8-31-25(14-19)33-26(39)17-38-10-9-37(3)24(16-38)28(40)41-4/h5-8,13-15,24H,9-12,16-17H2,1-4H3,(H2,31,32,33,34,39). The van der Waals surface area contributed by atoms with Crippen molar-refractivity contribution in [2.75, 3.05) is 78.2 Å². The van der Waals surface area contributed by atoms with Crippen LogP contribution in [-0.2, 0) is 14.3 Å². The van der Waals surface area contributed by atoms with Crippen molar-refractivity contribution < 1.29 is 23.5 Å². The lowest BCUT2D eigenvalue weighted by molar-refractivity contribution is -0.149. The van der Waals surface area contributed by atoms with E-state index in [-0.39, 0.29) is 35.6 Å². The maximum atomic E-state index is 14.6. The Morgan fingerprint density at radius 2 is 1.98 bits per heavy atom. The number of nitrogens with zero attached hydrogens (tertiary/aromatic N) is 6. The number of carbonyl (C=O) groups is 2. The predicted molar refractivity (Wildman–Crippen MR) is 158 cm³/mol. The number of methoxy groups -OCH3 is 1. The molecular formula is C28H34ClFN8O4. The highest BCUT2D eigenvalue weighted by Crippen LogP contribution is 2.32. The number of pyridine rings is 1. The smallest absolute Gasteiger partial charge is 0.324 e. The molecule has 42 heavy (non-hydrogen) atoms. The van der Waals surface area contributed by atoms with Crippen molar-refractivity contribution in [3.8, 4) is 17.1 Å². The molecule has 1 aliphatic rings. The van der Waals surface area contributed by atoms with E-state index in [4.69, 9.17) is 21.1 Å². The molecule has 0 saturated carbocycles. The summed E-state index contributed by atoms with van der Waals surface area (Å²) in [7, 11) is 7.05. The molecule has 1 unspecified atom stereocenters. The van der Waals surface area contributed by atoms with Gasteiger partial charge in [0.25, 0.3) is 5.88 Å². The van der Waals surface area contributed by atoms with Crippen molar-refractivity contribution in [2.24, 2.45) is 0 Å². The van der Waals surface area contributed by atoms with E-state index in [1.165, 1.54) is 25.3 Å². The maximum absolute atomic E-state index is 14.6. The molecule has 12 nitrogen and oxygen atoms in total. The van der Waals surface area contributed by atoms with Crippen molar-refractivity contribution >= 4 is 40.7 Å². The van der Waals surface area contributed by atoms with Crippen LogP contribution in [0.4, 0.5) is 21.6 Å². The third kappa shape index (κ3) is 8.32. The van der Waals surface area contributed by atoms with Crippen LogP contribution >= 0.6 is 11.6 Å². The number of aromatic nitrogens is 3. The maximum Gasteiger partial charge on any atom is 0.324 e. The highest BCUT2D eigenvalue weighted by Gasteiger charge is 2.31. The summed E-state index contributed by atoms with van der Waals surface area (Å²) in [5.74, 6) is -0.555. The minimum atomic E-state index is -0.493. The molecule has 0 radical (unpaired) electrons. The van der Waals surface area contributed by atoms with E-state index in [1.54, 1.807) is 24.4 Å². The van der Waals surface area contributed by atoms with E-state index in [0.717, 1.165) is 0 Å². The number of rotatable bonds is 11. The third-order valence-corrected chi connectivity index (χ3v) is 6.86. The van der Waals surface area contributed by atoms with Crippen LogP contribution in [0.15, 0.2) is 42.6 Å². The fourth-order valence-electron chi connectivity index (χ4n) is 4.31. The Morgan fingerprint density at radius 1 is 1.17 bits per heavy atom. The van der Waals surface area contributed by atoms with E-state index >= 15 is 0 Å². The molecule has 1 atom stereocenters. The first-order valence-electron chi connectivity index (χ1n) is 13.3. The normalized spacial score (nSPS) is 15.8. The summed E-state index contributed by atoms with van der Waals surface area (Å²) in [5.41, 5.74) is 1.47. The van der Waals surface area contributed by atoms with Crippen LogP contribution in [0.5, 0.6) is 5.88 Å². The largest absolute Gasteiger partial charge is 0.474 e. The van der Waals surface area contributed by atoms with E-state index in [1.807, 2.05) is 35.8 Å². The molecule has 1 saturated heterocycles. The highest BCUT2D eigenvalue weighted by molar-refractivity contribution is 6.30. The number of amides is 1. The molecule has 2 aromatic heterocycles. The van der Waals surface area contributed by atoms with Gasteiger partial charge in [-0.05, 0) is 51.5 Å². The minimum absolute atomic E-state index is 0.0906. The molecule has 14 heteroatoms. The molecule has 3 aromatic rings. The summed E-state index contributed by atoms with van der Waals surface area (Å²) in [5, 5.41) is 14.7. The number of anilines is 3. The zero-order chi connectivity index (χ0) is 30.2. The van der Waals surface area contributed by atoms with Crippen LogP contribution in [0.25, 0.3) is 11.3 Å². The second-order valence-corrected chi connectivity index (χ2v) is 10.5. The lowest BCUT2D eigenvalue weighted by Gasteiger charge is -2.37. The van der Waals surface area contributed by atoms with Crippen LogP contribution in [0.1, 0.15) is 0 Å². The summed E-state index contributed by atoms with van der Waals surface area (Å²) in [6.45, 7) is 2.73. The Kier molecular flexibility index (Phi) is 10.6. The molecule has 4 rings (SSSR count). The molecule has 1 fully saturated rings. The van der Waals surface area contributed by atoms with Crippen molar-refractivity contribution in [1.82, 2.24) is 29.9 Å². The first-order valence-corrected chi connectivity index (χ1v) is 13.6. The van der Waals surface area contributed by atoms with Gasteiger partial charge in [-0.15, -0.1) is 10.2 Å². The van der Waals surface area contributed by atoms with Crippen molar-refractivity contribution in [3.05, 3.63) is 53.4 Å². The number of piperazine rings is 1. The molecule has 0 spiro atoms. The summed E-state index contributed by atoms with van der Waals surface area (Å²) < 4.78 is 25.3. The fraction of sp³-hybridized carbons (Fsp3) is 0.393. The number of likely N-dealkylation sites (N-methyl/N-ethyl adjacent to an activating group) is 2. The van der Waals surface area contributed by atoms with Gasteiger partial charge in [-0.1, -0.05) is 11.6 Å². The Bertz CT molecular complexity index is 1410. The van der Waals surface area contributed by atoms with Crippen LogP contribution in [-0.4, -0.2) is 115 Å². The molecule has 0 aliphatic carbocycles. The van der Waals surface area contributed by atoms with Crippen molar-refractivity contribution in [2.45, 2.75) is 6.04 Å². The molecule has 1 aliphatic heterocycles. The number of benzene rings is 1. The quantitative estimate of drug-likeness (QED) is 0.316. The van der Waals surface area contributed by atoms with Crippen LogP contribution in [0.2, 0.25) is 5.02 Å². The van der Waals surface area contributed by atoms with Crippen LogP contribution in [0.3, 0.4) is 0 Å². The van der Waals surface area contributed by atoms with E-state index in [9.17, 15) is 14.0 Å². The molecule has 2 N–H and O–H groups in total. The average molecular weight is 601 g/mol. The van der Waals surface area contributed by atoms with Gasteiger partial charge in [0.05, 0.1) is 19.3 Å². The monoisotopic (exact) mass is 600 g/mol. The first-order chi connectivity index (χ1) is 20.1. The molecule has 224 valence electrons. The summed E-state index contributed by atoms with van der Waals surface area (Å²) in [6.07, 6.45) is 1.54. The van der Waals surface area contributed by atoms with Crippen molar-refractivity contribution in [1.29, 1.82) is 0 Å². The Balaban J connectivity index is 1.49. The van der Waals surface area contributed by atoms with Gasteiger partial charge in [0, 0.05) is 54.7 Å². The molecule has 1 amide bonds. The Morgan fingerprint density at radius 3 is 2.74 bits per heavy atom. The molecule has 0 bridgehead atoms. The van der Waals surface area contributed by atoms with Gasteiger partial charge in [0.1, 0.15) is 30.0 Å². The number of halogens is 2. The lowest BCUT2D eigenvalue weighted by atomic mass is 10.1. The first kappa shape index (κ1) is 31.0. The predicted octanol–water partition coefficient (Wildman–Crippen LogP) is 2.74. The molecular weight excluding hydrogens is 567 g/mol. The van der Waals surface area contributed by atoms with Gasteiger partial charge < -0.3 is 25.0 Å². The zero-order valence-electron chi connectivity index (χ0n) is 23.9. The fourth-order valence-corrected chi connectivity index (χ4v) is 4.48. The Labute approximate surface area is 248 Å². The number of esters is 1. The zero-order valence-corrected chi connectivity index (χ0v) is 24.7. The van der Waals surface area contributed by atoms with Gasteiger partial charge in [-0.25, -0.2) is 9.37 Å². The number of hydrogen-bond donors (Lipinski definition) is 2. The second-order valence-electron chi connectivity index (χ2n) is 10.1. The summed E-state index contributed by atoms with van der Waals surface area (Å²) in [6, 6.07) is 8.75. The SMILES string of the molecule is COC(=O)C1CN(CC(=O)Nc2cc(Nc3cc(-c4cc(Cl)ccc4F)nnc3OCCN(C)C)ccn2)CCN1C. The van der Waals surface area contributed by atoms with E-state index in [0.29, 0.717) is 55.0 Å². The lowest BCUT2D eigenvalue weighted by Crippen LogP contribution is -2.56. The van der Waals surface area contributed by atoms with Crippen molar-refractivity contribution in [3.63, 3.8) is 0 Å². The highest BCUT2D eigenvalue weighted by atomic mass is 35.5. The number of nitrogens with one attached hydrogen (secondary N) is 2. The van der Waals surface area contributed by atoms with E-state index in [2.05, 4.69) is 25.8 Å². The third-order valence-electron chi connectivity index (χ3n) is 6.62. The van der Waals surface area contributed by atoms with Gasteiger partial charge >= 0.3 is 5.97 Å². The number of ether oxygens (including phenoxy) is 2. The average Bonchev–Trinajstić information content (AvgIpc) is 2.95. The van der Waals surface area contributed by atoms with Gasteiger partial charge in [-0.2, -0.15) is 0 Å². The van der Waals surface area contributed by atoms with E-state index < -0.39 is 11.9 Å². The van der Waals surface area contributed by atoms with Gasteiger partial charge in [0.2, 0.25) is 5.91 Å². The van der Waals surface area contributed by atoms with Gasteiger partial charge in [-0.3, -0.25) is 19.4 Å². The molecule has 1 aromatic carbocycles.